The van der Waals surface area contributed by atoms with Crippen molar-refractivity contribution in [2.45, 2.75) is 38.7 Å². The van der Waals surface area contributed by atoms with Crippen LogP contribution >= 0.6 is 11.3 Å². The summed E-state index contributed by atoms with van der Waals surface area (Å²) in [6.07, 6.45) is 1.99. The lowest BCUT2D eigenvalue weighted by Crippen LogP contribution is -2.42. The zero-order valence-electron chi connectivity index (χ0n) is 10.9. The van der Waals surface area contributed by atoms with Gasteiger partial charge in [-0.3, -0.25) is 4.79 Å². The van der Waals surface area contributed by atoms with E-state index in [0.29, 0.717) is 17.0 Å². The molecule has 3 N–H and O–H groups in total. The first kappa shape index (κ1) is 13.4. The Balaban J connectivity index is 2.13. The molecule has 0 radical (unpaired) electrons. The molecule has 1 aromatic heterocycles. The normalized spacial score (nSPS) is 18.9. The van der Waals surface area contributed by atoms with Crippen molar-refractivity contribution in [3.63, 3.8) is 0 Å². The zero-order chi connectivity index (χ0) is 13.3. The van der Waals surface area contributed by atoms with Crippen LogP contribution in [0.4, 0.5) is 10.7 Å². The second-order valence-electron chi connectivity index (χ2n) is 5.13. The van der Waals surface area contributed by atoms with Crippen molar-refractivity contribution in [1.82, 2.24) is 0 Å². The molecule has 100 valence electrons. The molecule has 4 nitrogen and oxygen atoms in total. The summed E-state index contributed by atoms with van der Waals surface area (Å²) in [4.78, 5) is 14.6. The largest absolute Gasteiger partial charge is 0.397 e. The molecule has 0 amide bonds. The van der Waals surface area contributed by atoms with Gasteiger partial charge in [0.2, 0.25) is 0 Å². The second-order valence-corrected chi connectivity index (χ2v) is 6.16. The van der Waals surface area contributed by atoms with E-state index in [0.717, 1.165) is 30.9 Å². The minimum atomic E-state index is -0.554. The summed E-state index contributed by atoms with van der Waals surface area (Å²) in [5.41, 5.74) is 5.92. The van der Waals surface area contributed by atoms with Crippen LogP contribution in [-0.4, -0.2) is 29.6 Å². The van der Waals surface area contributed by atoms with Gasteiger partial charge in [-0.2, -0.15) is 0 Å². The molecule has 2 rings (SSSR count). The summed E-state index contributed by atoms with van der Waals surface area (Å²) in [5.74, 6) is 0.104. The Morgan fingerprint density at radius 3 is 2.72 bits per heavy atom. The maximum atomic E-state index is 11.7. The summed E-state index contributed by atoms with van der Waals surface area (Å²) >= 11 is 1.47. The minimum Gasteiger partial charge on any atom is -0.397 e. The SMILES string of the molecule is CCC(=O)c1sc(N2CCC(C)(O)CC2)cc1N. The highest BCUT2D eigenvalue weighted by Gasteiger charge is 2.28. The molecule has 2 heterocycles. The quantitative estimate of drug-likeness (QED) is 0.825. The average molecular weight is 268 g/mol. The van der Waals surface area contributed by atoms with Gasteiger partial charge in [-0.1, -0.05) is 6.92 Å². The van der Waals surface area contributed by atoms with E-state index in [2.05, 4.69) is 4.90 Å². The smallest absolute Gasteiger partial charge is 0.174 e. The highest BCUT2D eigenvalue weighted by Crippen LogP contribution is 2.35. The van der Waals surface area contributed by atoms with Crippen LogP contribution in [0, 0.1) is 0 Å². The first-order valence-electron chi connectivity index (χ1n) is 6.33. The molecule has 1 aliphatic rings. The number of hydrogen-bond acceptors (Lipinski definition) is 5. The van der Waals surface area contributed by atoms with Crippen LogP contribution in [0.1, 0.15) is 42.8 Å². The lowest BCUT2D eigenvalue weighted by molar-refractivity contribution is 0.0352. The Hall–Kier alpha value is -1.07. The Bertz CT molecular complexity index is 444. The van der Waals surface area contributed by atoms with Crippen LogP contribution in [0.2, 0.25) is 0 Å². The number of carbonyl (C=O) groups is 1. The minimum absolute atomic E-state index is 0.104. The number of anilines is 2. The van der Waals surface area contributed by atoms with Gasteiger partial charge in [-0.15, -0.1) is 11.3 Å². The Morgan fingerprint density at radius 1 is 1.56 bits per heavy atom. The molecule has 0 aromatic carbocycles. The topological polar surface area (TPSA) is 66.6 Å². The van der Waals surface area contributed by atoms with Gasteiger partial charge >= 0.3 is 0 Å². The fourth-order valence-corrected chi connectivity index (χ4v) is 3.28. The van der Waals surface area contributed by atoms with Gasteiger partial charge in [0, 0.05) is 19.5 Å². The van der Waals surface area contributed by atoms with Crippen LogP contribution in [-0.2, 0) is 0 Å². The number of aliphatic hydroxyl groups is 1. The van der Waals surface area contributed by atoms with Gasteiger partial charge in [0.25, 0.3) is 0 Å². The lowest BCUT2D eigenvalue weighted by atomic mass is 9.94. The van der Waals surface area contributed by atoms with E-state index in [9.17, 15) is 9.90 Å². The highest BCUT2D eigenvalue weighted by molar-refractivity contribution is 7.18. The van der Waals surface area contributed by atoms with Crippen LogP contribution in [0.3, 0.4) is 0 Å². The van der Waals surface area contributed by atoms with Crippen molar-refractivity contribution < 1.29 is 9.90 Å². The number of nitrogen functional groups attached to an aromatic ring is 1. The average Bonchev–Trinajstić information content (AvgIpc) is 2.70. The molecule has 0 aliphatic carbocycles. The number of hydrogen-bond donors (Lipinski definition) is 2. The molecule has 5 heteroatoms. The summed E-state index contributed by atoms with van der Waals surface area (Å²) in [5, 5.41) is 11.0. The van der Waals surface area contributed by atoms with Crippen LogP contribution in [0.25, 0.3) is 0 Å². The monoisotopic (exact) mass is 268 g/mol. The van der Waals surface area contributed by atoms with Crippen LogP contribution in [0.15, 0.2) is 6.07 Å². The van der Waals surface area contributed by atoms with Gasteiger partial charge in [-0.05, 0) is 25.8 Å². The third-order valence-electron chi connectivity index (χ3n) is 3.47. The predicted octanol–water partition coefficient (Wildman–Crippen LogP) is 2.27. The standard InChI is InChI=1S/C13H20N2O2S/c1-3-10(16)12-9(14)8-11(18-12)15-6-4-13(2,17)5-7-15/h8,17H,3-7,14H2,1-2H3. The maximum absolute atomic E-state index is 11.7. The number of piperidine rings is 1. The molecule has 0 bridgehead atoms. The first-order chi connectivity index (χ1) is 8.43. The number of ketones is 1. The van der Waals surface area contributed by atoms with Crippen LogP contribution < -0.4 is 10.6 Å². The molecule has 0 atom stereocenters. The number of thiophene rings is 1. The van der Waals surface area contributed by atoms with Crippen molar-refractivity contribution in [2.24, 2.45) is 0 Å². The molecule has 1 saturated heterocycles. The van der Waals surface area contributed by atoms with Gasteiger partial charge < -0.3 is 15.7 Å². The maximum Gasteiger partial charge on any atom is 0.174 e. The van der Waals surface area contributed by atoms with Gasteiger partial charge in [0.1, 0.15) is 0 Å². The van der Waals surface area contributed by atoms with E-state index in [1.807, 2.05) is 19.9 Å². The Morgan fingerprint density at radius 2 is 2.17 bits per heavy atom. The molecule has 1 fully saturated rings. The van der Waals surface area contributed by atoms with Crippen molar-refractivity contribution >= 4 is 27.8 Å². The van der Waals surface area contributed by atoms with Crippen molar-refractivity contribution in [3.8, 4) is 0 Å². The summed E-state index contributed by atoms with van der Waals surface area (Å²) in [6.45, 7) is 5.35. The van der Waals surface area contributed by atoms with Crippen molar-refractivity contribution in [3.05, 3.63) is 10.9 Å². The van der Waals surface area contributed by atoms with Crippen molar-refractivity contribution in [2.75, 3.05) is 23.7 Å². The molecule has 0 spiro atoms. The lowest BCUT2D eigenvalue weighted by Gasteiger charge is -2.36. The van der Waals surface area contributed by atoms with Crippen molar-refractivity contribution in [1.29, 1.82) is 0 Å². The summed E-state index contributed by atoms with van der Waals surface area (Å²) in [7, 11) is 0. The molecule has 18 heavy (non-hydrogen) atoms. The van der Waals surface area contributed by atoms with Gasteiger partial charge in [0.05, 0.1) is 21.2 Å². The molecule has 1 aromatic rings. The highest BCUT2D eigenvalue weighted by atomic mass is 32.1. The molecule has 0 unspecified atom stereocenters. The fraction of sp³-hybridized carbons (Fsp3) is 0.615. The third kappa shape index (κ3) is 2.67. The molecule has 1 aliphatic heterocycles. The van der Waals surface area contributed by atoms with E-state index in [4.69, 9.17) is 5.73 Å². The van der Waals surface area contributed by atoms with E-state index in [-0.39, 0.29) is 5.78 Å². The summed E-state index contributed by atoms with van der Waals surface area (Å²) < 4.78 is 0. The zero-order valence-corrected chi connectivity index (χ0v) is 11.7. The number of nitrogens with two attached hydrogens (primary N) is 1. The number of carbonyl (C=O) groups excluding carboxylic acids is 1. The van der Waals surface area contributed by atoms with Gasteiger partial charge in [0.15, 0.2) is 5.78 Å². The van der Waals surface area contributed by atoms with E-state index >= 15 is 0 Å². The molecule has 0 saturated carbocycles. The van der Waals surface area contributed by atoms with E-state index < -0.39 is 5.60 Å². The number of rotatable bonds is 3. The third-order valence-corrected chi connectivity index (χ3v) is 4.73. The molecular weight excluding hydrogens is 248 g/mol. The molecular formula is C13H20N2O2S. The Kier molecular flexibility index (Phi) is 3.64. The number of nitrogens with zero attached hydrogens (tertiary/aromatic N) is 1. The fourth-order valence-electron chi connectivity index (χ4n) is 2.13. The predicted molar refractivity (Wildman–Crippen MR) is 75.4 cm³/mol. The number of Topliss-reactive ketones (excluding diaryl/α,β-unsaturated/α-hetero) is 1. The van der Waals surface area contributed by atoms with Gasteiger partial charge in [-0.25, -0.2) is 0 Å². The first-order valence-corrected chi connectivity index (χ1v) is 7.14. The second kappa shape index (κ2) is 4.90. The Labute approximate surface area is 111 Å². The summed E-state index contributed by atoms with van der Waals surface area (Å²) in [6, 6.07) is 1.88. The van der Waals surface area contributed by atoms with E-state index in [1.165, 1.54) is 11.3 Å². The van der Waals surface area contributed by atoms with E-state index in [1.54, 1.807) is 0 Å². The van der Waals surface area contributed by atoms with Crippen LogP contribution in [0.5, 0.6) is 0 Å².